The molecule has 0 aliphatic carbocycles. The lowest BCUT2D eigenvalue weighted by Crippen LogP contribution is -2.47. The maximum atomic E-state index is 13.7. The van der Waals surface area contributed by atoms with Gasteiger partial charge < -0.3 is 19.9 Å². The number of likely N-dealkylation sites (N-methyl/N-ethyl adjacent to an activating group) is 1. The fourth-order valence-corrected chi connectivity index (χ4v) is 6.70. The van der Waals surface area contributed by atoms with Gasteiger partial charge in [0.25, 0.3) is 0 Å². The van der Waals surface area contributed by atoms with Crippen LogP contribution in [0.4, 0.5) is 22.8 Å². The van der Waals surface area contributed by atoms with E-state index in [1.165, 1.54) is 36.2 Å². The number of nitrogens with zero attached hydrogens (tertiary/aromatic N) is 2. The molecule has 2 aromatic carbocycles. The Bertz CT molecular complexity index is 1510. The summed E-state index contributed by atoms with van der Waals surface area (Å²) in [5, 5.41) is 2.72. The van der Waals surface area contributed by atoms with Gasteiger partial charge in [-0.3, -0.25) is 0 Å². The minimum atomic E-state index is -5.09. The second-order valence-corrected chi connectivity index (χ2v) is 14.3. The number of carbonyl (C=O) groups excluding carboxylic acids is 2. The third-order valence-corrected chi connectivity index (χ3v) is 9.43. The highest BCUT2D eigenvalue weighted by Gasteiger charge is 2.38. The highest BCUT2D eigenvalue weighted by atomic mass is 32.2. The van der Waals surface area contributed by atoms with Gasteiger partial charge in [0, 0.05) is 39.3 Å². The predicted octanol–water partition coefficient (Wildman–Crippen LogP) is 3.47. The third kappa shape index (κ3) is 8.35. The minimum Gasteiger partial charge on any atom is -0.444 e. The van der Waals surface area contributed by atoms with E-state index in [9.17, 15) is 39.6 Å². The maximum Gasteiger partial charge on any atom is 0.417 e. The van der Waals surface area contributed by atoms with Crippen LogP contribution in [0.1, 0.15) is 32.8 Å². The number of hydrogen-bond acceptors (Lipinski definition) is 7. The zero-order chi connectivity index (χ0) is 31.5. The zero-order valence-electron chi connectivity index (χ0n) is 23.4. The molecule has 0 bridgehead atoms. The van der Waals surface area contributed by atoms with E-state index in [4.69, 9.17) is 4.74 Å². The van der Waals surface area contributed by atoms with Gasteiger partial charge in [-0.1, -0.05) is 18.2 Å². The molecule has 3 rings (SSSR count). The molecule has 0 spiro atoms. The van der Waals surface area contributed by atoms with Crippen LogP contribution in [0.2, 0.25) is 0 Å². The molecule has 3 amide bonds. The average molecular weight is 635 g/mol. The average Bonchev–Trinajstić information content (AvgIpc) is 3.36. The Hall–Kier alpha value is -3.37. The minimum absolute atomic E-state index is 0.212. The first-order valence-corrected chi connectivity index (χ1v) is 15.8. The summed E-state index contributed by atoms with van der Waals surface area (Å²) in [4.78, 5) is 25.3. The van der Waals surface area contributed by atoms with Crippen LogP contribution in [0.15, 0.2) is 63.2 Å². The number of rotatable bonds is 8. The molecule has 0 unspecified atom stereocenters. The Kier molecular flexibility index (Phi) is 9.84. The summed E-state index contributed by atoms with van der Waals surface area (Å²) in [5.41, 5.74) is -2.21. The van der Waals surface area contributed by atoms with Crippen molar-refractivity contribution >= 4 is 32.0 Å². The van der Waals surface area contributed by atoms with Gasteiger partial charge in [-0.15, -0.1) is 0 Å². The first kappa shape index (κ1) is 33.1. The van der Waals surface area contributed by atoms with Crippen molar-refractivity contribution in [2.24, 2.45) is 0 Å². The lowest BCUT2D eigenvalue weighted by atomic mass is 10.2. The molecule has 42 heavy (non-hydrogen) atoms. The van der Waals surface area contributed by atoms with Crippen molar-refractivity contribution in [1.29, 1.82) is 0 Å². The number of likely N-dealkylation sites (tertiary alicyclic amines) is 1. The van der Waals surface area contributed by atoms with Gasteiger partial charge in [0.2, 0.25) is 19.9 Å². The molecule has 1 fully saturated rings. The quantitative estimate of drug-likeness (QED) is 0.453. The van der Waals surface area contributed by atoms with Gasteiger partial charge in [0.15, 0.2) is 0 Å². The molecule has 232 valence electrons. The van der Waals surface area contributed by atoms with Crippen molar-refractivity contribution in [3.05, 3.63) is 54.1 Å². The fourth-order valence-electron chi connectivity index (χ4n) is 4.04. The zero-order valence-corrected chi connectivity index (χ0v) is 25.1. The van der Waals surface area contributed by atoms with Crippen LogP contribution in [0.25, 0.3) is 0 Å². The summed E-state index contributed by atoms with van der Waals surface area (Å²) < 4.78 is 100. The lowest BCUT2D eigenvalue weighted by molar-refractivity contribution is -0.139. The summed E-state index contributed by atoms with van der Waals surface area (Å²) in [6.07, 6.45) is -5.14. The van der Waals surface area contributed by atoms with Gasteiger partial charge >= 0.3 is 18.3 Å². The third-order valence-electron chi connectivity index (χ3n) is 6.17. The Morgan fingerprint density at radius 2 is 1.67 bits per heavy atom. The van der Waals surface area contributed by atoms with E-state index in [1.54, 1.807) is 26.8 Å². The Morgan fingerprint density at radius 1 is 1.02 bits per heavy atom. The topological polar surface area (TPSA) is 142 Å². The molecule has 0 saturated carbocycles. The maximum absolute atomic E-state index is 13.7. The van der Waals surface area contributed by atoms with Crippen LogP contribution < -0.4 is 10.0 Å². The largest absolute Gasteiger partial charge is 0.444 e. The second-order valence-electron chi connectivity index (χ2n) is 10.7. The lowest BCUT2D eigenvalue weighted by Gasteiger charge is -2.25. The summed E-state index contributed by atoms with van der Waals surface area (Å²) >= 11 is 0. The van der Waals surface area contributed by atoms with E-state index < -0.39 is 65.7 Å². The van der Waals surface area contributed by atoms with Crippen LogP contribution in [-0.4, -0.2) is 83.6 Å². The Morgan fingerprint density at radius 3 is 2.26 bits per heavy atom. The summed E-state index contributed by atoms with van der Waals surface area (Å²) in [6.45, 7) is 5.09. The van der Waals surface area contributed by atoms with E-state index in [0.717, 1.165) is 4.90 Å². The van der Waals surface area contributed by atoms with Crippen molar-refractivity contribution in [3.63, 3.8) is 0 Å². The number of benzene rings is 2. The number of amides is 3. The van der Waals surface area contributed by atoms with E-state index >= 15 is 0 Å². The number of sulfone groups is 1. The van der Waals surface area contributed by atoms with Gasteiger partial charge in [-0.05, 0) is 57.5 Å². The van der Waals surface area contributed by atoms with Crippen LogP contribution in [0.5, 0.6) is 0 Å². The van der Waals surface area contributed by atoms with E-state index in [-0.39, 0.29) is 24.0 Å². The van der Waals surface area contributed by atoms with Gasteiger partial charge in [-0.2, -0.15) is 13.2 Å². The van der Waals surface area contributed by atoms with Crippen molar-refractivity contribution in [2.75, 3.05) is 33.2 Å². The molecular formula is C26H33F3N4O7S2. The number of sulfonamides is 1. The number of ether oxygens (including phenoxy) is 1. The molecule has 16 heteroatoms. The number of carbonyl (C=O) groups is 2. The molecule has 1 aliphatic rings. The fraction of sp³-hybridized carbons (Fsp3) is 0.462. The van der Waals surface area contributed by atoms with Crippen molar-refractivity contribution in [2.45, 2.75) is 59.7 Å². The summed E-state index contributed by atoms with van der Waals surface area (Å²) in [7, 11) is -7.82. The first-order chi connectivity index (χ1) is 19.3. The molecule has 11 nitrogen and oxygen atoms in total. The predicted molar refractivity (Wildman–Crippen MR) is 146 cm³/mol. The van der Waals surface area contributed by atoms with Crippen LogP contribution in [0, 0.1) is 0 Å². The number of halogens is 3. The van der Waals surface area contributed by atoms with Crippen molar-refractivity contribution in [1.82, 2.24) is 19.8 Å². The van der Waals surface area contributed by atoms with Crippen LogP contribution in [0.3, 0.4) is 0 Å². The number of hydrogen-bond donors (Lipinski definition) is 2. The monoisotopic (exact) mass is 634 g/mol. The highest BCUT2D eigenvalue weighted by Crippen LogP contribution is 2.36. The standard InChI is InChI=1S/C26H33F3N4O7S2/c1-25(2,3)40-24(35)33-14-12-18(17-33)31-23(34)32(4)15-13-30-42(38,39)22-16-20(10-11-21(22)26(27,28)29)41(36,37)19-8-6-5-7-9-19/h5-11,16,18,30H,12-15,17H2,1-4H3,(H,31,34)/t18-/m0/s1. The molecule has 2 aromatic rings. The first-order valence-electron chi connectivity index (χ1n) is 12.8. The smallest absolute Gasteiger partial charge is 0.417 e. The second kappa shape index (κ2) is 12.5. The normalized spacial score (nSPS) is 16.3. The van der Waals surface area contributed by atoms with E-state index in [2.05, 4.69) is 5.32 Å². The molecule has 1 atom stereocenters. The van der Waals surface area contributed by atoms with Gasteiger partial charge in [0.1, 0.15) is 5.60 Å². The SMILES string of the molecule is CN(CCNS(=O)(=O)c1cc(S(=O)(=O)c2ccccc2)ccc1C(F)(F)F)C(=O)N[C@H]1CCN(C(=O)OC(C)(C)C)C1. The molecule has 1 aliphatic heterocycles. The number of alkyl halides is 3. The van der Waals surface area contributed by atoms with Crippen molar-refractivity contribution in [3.8, 4) is 0 Å². The van der Waals surface area contributed by atoms with E-state index in [0.29, 0.717) is 31.2 Å². The van der Waals surface area contributed by atoms with Gasteiger partial charge in [-0.25, -0.2) is 31.1 Å². The van der Waals surface area contributed by atoms with E-state index in [1.807, 2.05) is 4.72 Å². The number of nitrogens with one attached hydrogen (secondary N) is 2. The molecule has 2 N–H and O–H groups in total. The van der Waals surface area contributed by atoms with Crippen molar-refractivity contribution < 1.29 is 44.3 Å². The Labute approximate surface area is 243 Å². The molecular weight excluding hydrogens is 601 g/mol. The van der Waals surface area contributed by atoms with Crippen LogP contribution >= 0.6 is 0 Å². The number of urea groups is 1. The summed E-state index contributed by atoms with van der Waals surface area (Å²) in [6, 6.07) is 7.49. The Balaban J connectivity index is 1.67. The van der Waals surface area contributed by atoms with Crippen LogP contribution in [-0.2, 0) is 30.8 Å². The summed E-state index contributed by atoms with van der Waals surface area (Å²) in [5.74, 6) is 0. The molecule has 1 heterocycles. The van der Waals surface area contributed by atoms with Gasteiger partial charge in [0.05, 0.1) is 20.2 Å². The molecule has 0 radical (unpaired) electrons. The highest BCUT2D eigenvalue weighted by molar-refractivity contribution is 7.91. The molecule has 1 saturated heterocycles. The molecule has 0 aromatic heterocycles.